The van der Waals surface area contributed by atoms with E-state index in [-0.39, 0.29) is 12.1 Å². The molecule has 1 aliphatic rings. The molecular formula is C29H29ClN4O2S. The van der Waals surface area contributed by atoms with Crippen molar-refractivity contribution in [2.24, 2.45) is 0 Å². The number of rotatable bonds is 7. The standard InChI is InChI=1S/C29H29ClN4O2S/c1-18-15-23(19(2)34(18)25-16-21(30)10-13-26(25)36-4)28-27(24-7-5-6-14-31-24)32-29(37)33(28)17-20-8-11-22(35-3)12-9-20/h5-16,27-28H,17H2,1-4H3,(H,32,37). The van der Waals surface area contributed by atoms with Crippen LogP contribution in [0.1, 0.15) is 40.3 Å². The minimum atomic E-state index is -0.109. The van der Waals surface area contributed by atoms with Gasteiger partial charge in [-0.15, -0.1) is 0 Å². The zero-order valence-corrected chi connectivity index (χ0v) is 22.8. The Balaban J connectivity index is 1.62. The van der Waals surface area contributed by atoms with Gasteiger partial charge in [-0.3, -0.25) is 4.98 Å². The molecule has 1 aliphatic heterocycles. The Morgan fingerprint density at radius 3 is 2.46 bits per heavy atom. The maximum absolute atomic E-state index is 6.40. The molecule has 1 N–H and O–H groups in total. The molecule has 6 nitrogen and oxygen atoms in total. The average Bonchev–Trinajstić information content (AvgIpc) is 3.39. The van der Waals surface area contributed by atoms with Crippen molar-refractivity contribution in [3.05, 3.63) is 106 Å². The first-order valence-electron chi connectivity index (χ1n) is 12.0. The van der Waals surface area contributed by atoms with E-state index in [4.69, 9.17) is 33.3 Å². The number of methoxy groups -OCH3 is 2. The van der Waals surface area contributed by atoms with Gasteiger partial charge in [0.25, 0.3) is 0 Å². The first-order chi connectivity index (χ1) is 17.9. The van der Waals surface area contributed by atoms with Crippen molar-refractivity contribution in [1.82, 2.24) is 19.8 Å². The molecule has 2 unspecified atom stereocenters. The van der Waals surface area contributed by atoms with Crippen LogP contribution in [0.4, 0.5) is 0 Å². The molecule has 0 saturated carbocycles. The van der Waals surface area contributed by atoms with Gasteiger partial charge in [0.1, 0.15) is 11.5 Å². The van der Waals surface area contributed by atoms with Gasteiger partial charge in [0, 0.05) is 29.2 Å². The molecule has 0 bridgehead atoms. The highest BCUT2D eigenvalue weighted by molar-refractivity contribution is 7.80. The molecule has 8 heteroatoms. The molecule has 0 spiro atoms. The Bertz CT molecular complexity index is 1420. The first kappa shape index (κ1) is 25.1. The zero-order chi connectivity index (χ0) is 26.1. The molecule has 37 heavy (non-hydrogen) atoms. The van der Waals surface area contributed by atoms with Crippen molar-refractivity contribution in [2.45, 2.75) is 32.5 Å². The number of nitrogens with zero attached hydrogens (tertiary/aromatic N) is 3. The van der Waals surface area contributed by atoms with E-state index in [1.165, 1.54) is 0 Å². The molecular weight excluding hydrogens is 504 g/mol. The molecule has 0 radical (unpaired) electrons. The molecule has 190 valence electrons. The lowest BCUT2D eigenvalue weighted by Crippen LogP contribution is -2.29. The van der Waals surface area contributed by atoms with Crippen LogP contribution < -0.4 is 14.8 Å². The van der Waals surface area contributed by atoms with Crippen LogP contribution in [-0.4, -0.2) is 33.8 Å². The Morgan fingerprint density at radius 2 is 1.78 bits per heavy atom. The molecule has 1 saturated heterocycles. The van der Waals surface area contributed by atoms with Gasteiger partial charge in [-0.25, -0.2) is 0 Å². The van der Waals surface area contributed by atoms with E-state index in [1.807, 2.05) is 54.7 Å². The lowest BCUT2D eigenvalue weighted by molar-refractivity contribution is 0.310. The lowest BCUT2D eigenvalue weighted by Gasteiger charge is -2.28. The van der Waals surface area contributed by atoms with E-state index in [0.717, 1.165) is 45.4 Å². The summed E-state index contributed by atoms with van der Waals surface area (Å²) in [7, 11) is 3.35. The largest absolute Gasteiger partial charge is 0.497 e. The predicted molar refractivity (Wildman–Crippen MR) is 151 cm³/mol. The minimum absolute atomic E-state index is 0.0744. The maximum atomic E-state index is 6.40. The van der Waals surface area contributed by atoms with Gasteiger partial charge in [-0.2, -0.15) is 0 Å². The van der Waals surface area contributed by atoms with E-state index in [2.05, 4.69) is 51.8 Å². The maximum Gasteiger partial charge on any atom is 0.170 e. The number of nitrogens with one attached hydrogen (secondary N) is 1. The Kier molecular flexibility index (Phi) is 7.09. The van der Waals surface area contributed by atoms with E-state index in [9.17, 15) is 0 Å². The van der Waals surface area contributed by atoms with Gasteiger partial charge in [0.2, 0.25) is 0 Å². The van der Waals surface area contributed by atoms with Crippen molar-refractivity contribution in [3.8, 4) is 17.2 Å². The number of benzene rings is 2. The van der Waals surface area contributed by atoms with Gasteiger partial charge >= 0.3 is 0 Å². The van der Waals surface area contributed by atoms with E-state index in [0.29, 0.717) is 16.7 Å². The van der Waals surface area contributed by atoms with Crippen LogP contribution in [-0.2, 0) is 6.54 Å². The van der Waals surface area contributed by atoms with E-state index < -0.39 is 0 Å². The summed E-state index contributed by atoms with van der Waals surface area (Å²) < 4.78 is 13.2. The summed E-state index contributed by atoms with van der Waals surface area (Å²) >= 11 is 12.3. The van der Waals surface area contributed by atoms with Crippen molar-refractivity contribution in [3.63, 3.8) is 0 Å². The van der Waals surface area contributed by atoms with E-state index >= 15 is 0 Å². The van der Waals surface area contributed by atoms with Gasteiger partial charge in [0.05, 0.1) is 37.7 Å². The van der Waals surface area contributed by atoms with Crippen molar-refractivity contribution < 1.29 is 9.47 Å². The first-order valence-corrected chi connectivity index (χ1v) is 12.8. The topological polar surface area (TPSA) is 51.5 Å². The van der Waals surface area contributed by atoms with Crippen molar-refractivity contribution >= 4 is 28.9 Å². The Hall–Kier alpha value is -3.55. The fourth-order valence-electron chi connectivity index (χ4n) is 5.14. The molecule has 0 aliphatic carbocycles. The van der Waals surface area contributed by atoms with Crippen LogP contribution in [0, 0.1) is 13.8 Å². The van der Waals surface area contributed by atoms with Gasteiger partial charge in [0.15, 0.2) is 5.11 Å². The fourth-order valence-corrected chi connectivity index (χ4v) is 5.61. The third-order valence-electron chi connectivity index (χ3n) is 6.88. The number of hydrogen-bond acceptors (Lipinski definition) is 4. The van der Waals surface area contributed by atoms with Crippen LogP contribution in [0.25, 0.3) is 5.69 Å². The third kappa shape index (κ3) is 4.77. The highest BCUT2D eigenvalue weighted by atomic mass is 35.5. The molecule has 4 aromatic rings. The molecule has 2 aromatic carbocycles. The van der Waals surface area contributed by atoms with Crippen LogP contribution in [0.2, 0.25) is 5.02 Å². The zero-order valence-electron chi connectivity index (χ0n) is 21.2. The van der Waals surface area contributed by atoms with Crippen LogP contribution in [0.15, 0.2) is 72.9 Å². The molecule has 2 aromatic heterocycles. The fraction of sp³-hybridized carbons (Fsp3) is 0.241. The van der Waals surface area contributed by atoms with Crippen LogP contribution >= 0.6 is 23.8 Å². The SMILES string of the molecule is COc1ccc(CN2C(=S)NC(c3ccccn3)C2c2cc(C)n(-c3cc(Cl)ccc3OC)c2C)cc1. The van der Waals surface area contributed by atoms with Crippen molar-refractivity contribution in [2.75, 3.05) is 14.2 Å². The number of ether oxygens (including phenoxy) is 2. The van der Waals surface area contributed by atoms with Gasteiger partial charge in [-0.1, -0.05) is 29.8 Å². The minimum Gasteiger partial charge on any atom is -0.497 e. The highest BCUT2D eigenvalue weighted by Crippen LogP contribution is 2.43. The number of aromatic nitrogens is 2. The Labute approximate surface area is 227 Å². The molecule has 1 fully saturated rings. The average molecular weight is 533 g/mol. The molecule has 2 atom stereocenters. The van der Waals surface area contributed by atoms with Crippen LogP contribution in [0.5, 0.6) is 11.5 Å². The smallest absolute Gasteiger partial charge is 0.170 e. The number of aryl methyl sites for hydroxylation is 1. The number of halogens is 1. The summed E-state index contributed by atoms with van der Waals surface area (Å²) in [6, 6.07) is 21.8. The summed E-state index contributed by atoms with van der Waals surface area (Å²) in [5.74, 6) is 1.59. The monoisotopic (exact) mass is 532 g/mol. The summed E-state index contributed by atoms with van der Waals surface area (Å²) in [5.41, 5.74) is 6.32. The summed E-state index contributed by atoms with van der Waals surface area (Å²) in [5, 5.41) is 4.90. The normalized spacial score (nSPS) is 17.1. The predicted octanol–water partition coefficient (Wildman–Crippen LogP) is 6.33. The third-order valence-corrected chi connectivity index (χ3v) is 7.47. The highest BCUT2D eigenvalue weighted by Gasteiger charge is 2.41. The van der Waals surface area contributed by atoms with Crippen molar-refractivity contribution in [1.29, 1.82) is 0 Å². The van der Waals surface area contributed by atoms with Gasteiger partial charge in [-0.05, 0) is 85.7 Å². The quantitative estimate of drug-likeness (QED) is 0.281. The number of hydrogen-bond donors (Lipinski definition) is 1. The molecule has 5 rings (SSSR count). The number of pyridine rings is 1. The molecule has 0 amide bonds. The second kappa shape index (κ2) is 10.4. The second-order valence-electron chi connectivity index (χ2n) is 9.08. The summed E-state index contributed by atoms with van der Waals surface area (Å²) in [4.78, 5) is 6.93. The second-order valence-corrected chi connectivity index (χ2v) is 9.90. The number of thiocarbonyl (C=S) groups is 1. The summed E-state index contributed by atoms with van der Waals surface area (Å²) in [6.07, 6.45) is 1.82. The van der Waals surface area contributed by atoms with E-state index in [1.54, 1.807) is 14.2 Å². The van der Waals surface area contributed by atoms with Crippen LogP contribution in [0.3, 0.4) is 0 Å². The summed E-state index contributed by atoms with van der Waals surface area (Å²) in [6.45, 7) is 4.88. The van der Waals surface area contributed by atoms with Gasteiger partial charge < -0.3 is 24.3 Å². The molecule has 3 heterocycles. The Morgan fingerprint density at radius 1 is 1.00 bits per heavy atom. The lowest BCUT2D eigenvalue weighted by atomic mass is 9.96.